The third-order valence-corrected chi connectivity index (χ3v) is 2.93. The van der Waals surface area contributed by atoms with Crippen molar-refractivity contribution >= 4 is 23.2 Å². The van der Waals surface area contributed by atoms with Crippen LogP contribution in [0.3, 0.4) is 0 Å². The molecule has 0 bridgehead atoms. The van der Waals surface area contributed by atoms with Crippen LogP contribution in [0.4, 0.5) is 0 Å². The van der Waals surface area contributed by atoms with Crippen LogP contribution in [0.2, 0.25) is 10.0 Å². The highest BCUT2D eigenvalue weighted by Crippen LogP contribution is 2.30. The van der Waals surface area contributed by atoms with Crippen LogP contribution in [0, 0.1) is 0 Å². The summed E-state index contributed by atoms with van der Waals surface area (Å²) in [7, 11) is 0. The molecular weight excluding hydrogens is 247 g/mol. The second-order valence-electron chi connectivity index (χ2n) is 3.38. The molecule has 16 heavy (non-hydrogen) atoms. The first-order valence-electron chi connectivity index (χ1n) is 4.77. The van der Waals surface area contributed by atoms with E-state index >= 15 is 0 Å². The van der Waals surface area contributed by atoms with Crippen molar-refractivity contribution in [3.63, 3.8) is 0 Å². The van der Waals surface area contributed by atoms with Crippen LogP contribution in [0.25, 0.3) is 0 Å². The van der Waals surface area contributed by atoms with Gasteiger partial charge >= 0.3 is 0 Å². The van der Waals surface area contributed by atoms with Crippen LogP contribution < -0.4 is 0 Å². The summed E-state index contributed by atoms with van der Waals surface area (Å²) >= 11 is 11.9. The molecule has 0 saturated heterocycles. The Morgan fingerprint density at radius 1 is 1.38 bits per heavy atom. The first kappa shape index (κ1) is 11.5. The summed E-state index contributed by atoms with van der Waals surface area (Å²) in [4.78, 5) is 7.09. The van der Waals surface area contributed by atoms with Crippen molar-refractivity contribution in [2.75, 3.05) is 6.61 Å². The molecule has 0 amide bonds. The van der Waals surface area contributed by atoms with E-state index in [-0.39, 0.29) is 12.5 Å². The van der Waals surface area contributed by atoms with E-state index in [1.807, 2.05) is 0 Å². The van der Waals surface area contributed by atoms with Crippen molar-refractivity contribution in [2.24, 2.45) is 0 Å². The number of aliphatic hydroxyl groups excluding tert-OH is 1. The number of hydrogen-bond donors (Lipinski definition) is 2. The first-order chi connectivity index (χ1) is 7.72. The van der Waals surface area contributed by atoms with Crippen LogP contribution >= 0.6 is 23.2 Å². The molecule has 0 radical (unpaired) electrons. The van der Waals surface area contributed by atoms with Gasteiger partial charge in [-0.15, -0.1) is 0 Å². The normalized spacial score (nSPS) is 12.7. The summed E-state index contributed by atoms with van der Waals surface area (Å²) < 4.78 is 0. The molecule has 0 aliphatic heterocycles. The molecular formula is C11H10Cl2N2O. The molecule has 0 saturated carbocycles. The number of aliphatic hydroxyl groups is 1. The number of aromatic amines is 1. The molecule has 2 rings (SSSR count). The zero-order chi connectivity index (χ0) is 11.5. The predicted octanol–water partition coefficient (Wildman–Crippen LogP) is 2.84. The lowest BCUT2D eigenvalue weighted by atomic mass is 9.99. The number of H-pyrrole nitrogens is 1. The van der Waals surface area contributed by atoms with Gasteiger partial charge in [0.15, 0.2) is 0 Å². The maximum absolute atomic E-state index is 9.39. The summed E-state index contributed by atoms with van der Waals surface area (Å²) in [6.07, 6.45) is 3.35. The molecule has 1 unspecified atom stereocenters. The van der Waals surface area contributed by atoms with Gasteiger partial charge in [0.2, 0.25) is 0 Å². The van der Waals surface area contributed by atoms with E-state index in [0.717, 1.165) is 5.56 Å². The smallest absolute Gasteiger partial charge is 0.115 e. The van der Waals surface area contributed by atoms with Crippen molar-refractivity contribution in [3.05, 3.63) is 52.0 Å². The Labute approximate surface area is 103 Å². The van der Waals surface area contributed by atoms with Gasteiger partial charge in [-0.1, -0.05) is 29.3 Å². The van der Waals surface area contributed by atoms with E-state index in [0.29, 0.717) is 15.9 Å². The monoisotopic (exact) mass is 256 g/mol. The zero-order valence-electron chi connectivity index (χ0n) is 8.32. The van der Waals surface area contributed by atoms with Crippen molar-refractivity contribution in [2.45, 2.75) is 5.92 Å². The predicted molar refractivity (Wildman–Crippen MR) is 64.0 cm³/mol. The van der Waals surface area contributed by atoms with Gasteiger partial charge in [-0.05, 0) is 17.7 Å². The Hall–Kier alpha value is -1.03. The SMILES string of the molecule is OCC(c1ncc[nH]1)c1ccc(Cl)cc1Cl. The molecule has 3 nitrogen and oxygen atoms in total. The van der Waals surface area contributed by atoms with E-state index in [1.165, 1.54) is 0 Å². The molecule has 0 aliphatic carbocycles. The van der Waals surface area contributed by atoms with Gasteiger partial charge in [0.1, 0.15) is 5.82 Å². The number of nitrogens with zero attached hydrogens (tertiary/aromatic N) is 1. The first-order valence-corrected chi connectivity index (χ1v) is 5.53. The Balaban J connectivity index is 2.41. The molecule has 84 valence electrons. The minimum absolute atomic E-state index is 0.0606. The van der Waals surface area contributed by atoms with Gasteiger partial charge < -0.3 is 10.1 Å². The van der Waals surface area contributed by atoms with Crippen LogP contribution in [0.15, 0.2) is 30.6 Å². The van der Waals surface area contributed by atoms with Gasteiger partial charge in [0, 0.05) is 22.4 Å². The summed E-state index contributed by atoms with van der Waals surface area (Å²) in [5, 5.41) is 10.5. The number of hydrogen-bond acceptors (Lipinski definition) is 2. The molecule has 1 heterocycles. The van der Waals surface area contributed by atoms with Gasteiger partial charge in [-0.3, -0.25) is 0 Å². The summed E-state index contributed by atoms with van der Waals surface area (Å²) in [6, 6.07) is 5.20. The Morgan fingerprint density at radius 3 is 2.75 bits per heavy atom. The topological polar surface area (TPSA) is 48.9 Å². The van der Waals surface area contributed by atoms with E-state index in [2.05, 4.69) is 9.97 Å². The van der Waals surface area contributed by atoms with Gasteiger partial charge in [-0.25, -0.2) is 4.98 Å². The van der Waals surface area contributed by atoms with E-state index in [1.54, 1.807) is 30.6 Å². The molecule has 1 atom stereocenters. The van der Waals surface area contributed by atoms with Gasteiger partial charge in [-0.2, -0.15) is 0 Å². The van der Waals surface area contributed by atoms with Crippen LogP contribution in [-0.2, 0) is 0 Å². The van der Waals surface area contributed by atoms with Crippen LogP contribution in [0.5, 0.6) is 0 Å². The highest BCUT2D eigenvalue weighted by atomic mass is 35.5. The average molecular weight is 257 g/mol. The molecule has 1 aromatic carbocycles. The number of imidazole rings is 1. The summed E-state index contributed by atoms with van der Waals surface area (Å²) in [5.41, 5.74) is 0.809. The van der Waals surface area contributed by atoms with Crippen molar-refractivity contribution < 1.29 is 5.11 Å². The fraction of sp³-hybridized carbons (Fsp3) is 0.182. The van der Waals surface area contributed by atoms with Gasteiger partial charge in [0.25, 0.3) is 0 Å². The third kappa shape index (κ3) is 2.21. The Morgan fingerprint density at radius 2 is 2.19 bits per heavy atom. The fourth-order valence-electron chi connectivity index (χ4n) is 1.58. The van der Waals surface area contributed by atoms with E-state index in [4.69, 9.17) is 23.2 Å². The highest BCUT2D eigenvalue weighted by Gasteiger charge is 2.18. The fourth-order valence-corrected chi connectivity index (χ4v) is 2.12. The van der Waals surface area contributed by atoms with Crippen LogP contribution in [-0.4, -0.2) is 21.7 Å². The van der Waals surface area contributed by atoms with Crippen molar-refractivity contribution in [1.29, 1.82) is 0 Å². The molecule has 5 heteroatoms. The molecule has 2 N–H and O–H groups in total. The maximum atomic E-state index is 9.39. The zero-order valence-corrected chi connectivity index (χ0v) is 9.83. The lowest BCUT2D eigenvalue weighted by molar-refractivity contribution is 0.277. The quantitative estimate of drug-likeness (QED) is 0.888. The largest absolute Gasteiger partial charge is 0.395 e. The number of benzene rings is 1. The average Bonchev–Trinajstić information content (AvgIpc) is 2.75. The summed E-state index contributed by atoms with van der Waals surface area (Å²) in [6.45, 7) is -0.0606. The summed E-state index contributed by atoms with van der Waals surface area (Å²) in [5.74, 6) is 0.437. The van der Waals surface area contributed by atoms with E-state index < -0.39 is 0 Å². The van der Waals surface area contributed by atoms with Crippen molar-refractivity contribution in [1.82, 2.24) is 9.97 Å². The molecule has 0 aliphatic rings. The van der Waals surface area contributed by atoms with E-state index in [9.17, 15) is 5.11 Å². The minimum atomic E-state index is -0.250. The standard InChI is InChI=1S/C11H10Cl2N2O/c12-7-1-2-8(10(13)5-7)9(6-16)11-14-3-4-15-11/h1-5,9,16H,6H2,(H,14,15). The Bertz CT molecular complexity index is 471. The second kappa shape index (κ2) is 4.87. The third-order valence-electron chi connectivity index (χ3n) is 2.37. The Kier molecular flexibility index (Phi) is 3.49. The minimum Gasteiger partial charge on any atom is -0.395 e. The lowest BCUT2D eigenvalue weighted by Crippen LogP contribution is -2.08. The van der Waals surface area contributed by atoms with Gasteiger partial charge in [0.05, 0.1) is 12.5 Å². The highest BCUT2D eigenvalue weighted by molar-refractivity contribution is 6.35. The number of rotatable bonds is 3. The molecule has 0 spiro atoms. The van der Waals surface area contributed by atoms with Crippen LogP contribution in [0.1, 0.15) is 17.3 Å². The molecule has 0 fully saturated rings. The van der Waals surface area contributed by atoms with Crippen molar-refractivity contribution in [3.8, 4) is 0 Å². The second-order valence-corrected chi connectivity index (χ2v) is 4.22. The maximum Gasteiger partial charge on any atom is 0.115 e. The number of aromatic nitrogens is 2. The number of nitrogens with one attached hydrogen (secondary N) is 1. The molecule has 2 aromatic rings. The lowest BCUT2D eigenvalue weighted by Gasteiger charge is -2.13. The molecule has 1 aromatic heterocycles. The number of halogens is 2.